The van der Waals surface area contributed by atoms with Crippen LogP contribution in [0.25, 0.3) is 5.82 Å². The lowest BCUT2D eigenvalue weighted by molar-refractivity contribution is 0.620. The van der Waals surface area contributed by atoms with Gasteiger partial charge in [0.15, 0.2) is 5.82 Å². The van der Waals surface area contributed by atoms with Gasteiger partial charge in [-0.1, -0.05) is 0 Å². The molecule has 0 aliphatic carbocycles. The van der Waals surface area contributed by atoms with Gasteiger partial charge in [-0.2, -0.15) is 5.10 Å². The van der Waals surface area contributed by atoms with Crippen molar-refractivity contribution in [3.05, 3.63) is 36.0 Å². The molecule has 0 radical (unpaired) electrons. The zero-order valence-corrected chi connectivity index (χ0v) is 8.22. The molecule has 0 spiro atoms. The maximum atomic E-state index is 4.34. The number of hydrogen-bond acceptors (Lipinski definition) is 4. The lowest BCUT2D eigenvalue weighted by Crippen LogP contribution is -2.24. The highest BCUT2D eigenvalue weighted by Crippen LogP contribution is 2.15. The van der Waals surface area contributed by atoms with Crippen molar-refractivity contribution in [3.63, 3.8) is 0 Å². The fraction of sp³-hybridized carbons (Fsp3) is 0.300. The summed E-state index contributed by atoms with van der Waals surface area (Å²) in [5, 5.41) is 7.66. The van der Waals surface area contributed by atoms with Crippen LogP contribution in [0.5, 0.6) is 0 Å². The van der Waals surface area contributed by atoms with Gasteiger partial charge in [0.05, 0.1) is 18.1 Å². The molecule has 3 rings (SSSR count). The van der Waals surface area contributed by atoms with Gasteiger partial charge in [-0.3, -0.25) is 4.98 Å². The number of hydrogen-bond donors (Lipinski definition) is 1. The Labute approximate surface area is 87.2 Å². The molecule has 1 N–H and O–H groups in total. The predicted octanol–water partition coefficient (Wildman–Crippen LogP) is 0.308. The molecule has 2 aromatic rings. The van der Waals surface area contributed by atoms with Crippen molar-refractivity contribution in [1.82, 2.24) is 25.1 Å². The third kappa shape index (κ3) is 1.41. The molecule has 3 heterocycles. The Hall–Kier alpha value is -1.75. The summed E-state index contributed by atoms with van der Waals surface area (Å²) in [5.74, 6) is 0.792. The van der Waals surface area contributed by atoms with E-state index in [0.29, 0.717) is 0 Å². The average Bonchev–Trinajstić information content (AvgIpc) is 2.74. The van der Waals surface area contributed by atoms with Gasteiger partial charge in [0, 0.05) is 37.5 Å². The van der Waals surface area contributed by atoms with Gasteiger partial charge in [-0.25, -0.2) is 9.67 Å². The Morgan fingerprint density at radius 1 is 1.27 bits per heavy atom. The number of nitrogens with one attached hydrogen (secondary N) is 1. The number of aromatic nitrogens is 4. The molecule has 0 aromatic carbocycles. The zero-order chi connectivity index (χ0) is 10.1. The third-order valence-electron chi connectivity index (χ3n) is 2.58. The zero-order valence-electron chi connectivity index (χ0n) is 8.22. The van der Waals surface area contributed by atoms with Crippen molar-refractivity contribution in [2.24, 2.45) is 0 Å². The SMILES string of the molecule is c1cnc(-n2ncc3c2CCNC3)cn1. The molecule has 5 heteroatoms. The number of fused-ring (bicyclic) bond motifs is 1. The molecule has 2 aromatic heterocycles. The van der Waals surface area contributed by atoms with E-state index in [1.807, 2.05) is 10.9 Å². The van der Waals surface area contributed by atoms with E-state index in [4.69, 9.17) is 0 Å². The molecular weight excluding hydrogens is 190 g/mol. The van der Waals surface area contributed by atoms with Crippen molar-refractivity contribution in [3.8, 4) is 5.82 Å². The maximum Gasteiger partial charge on any atom is 0.172 e. The van der Waals surface area contributed by atoms with Gasteiger partial charge in [0.1, 0.15) is 0 Å². The Balaban J connectivity index is 2.09. The number of nitrogens with zero attached hydrogens (tertiary/aromatic N) is 4. The van der Waals surface area contributed by atoms with Crippen molar-refractivity contribution < 1.29 is 0 Å². The summed E-state index contributed by atoms with van der Waals surface area (Å²) in [6.07, 6.45) is 7.98. The summed E-state index contributed by atoms with van der Waals surface area (Å²) in [5.41, 5.74) is 2.50. The van der Waals surface area contributed by atoms with Crippen LogP contribution in [0.2, 0.25) is 0 Å². The fourth-order valence-corrected chi connectivity index (χ4v) is 1.85. The molecule has 0 bridgehead atoms. The lowest BCUT2D eigenvalue weighted by Gasteiger charge is -2.14. The van der Waals surface area contributed by atoms with E-state index in [1.54, 1.807) is 18.6 Å². The van der Waals surface area contributed by atoms with Gasteiger partial charge < -0.3 is 5.32 Å². The standard InChI is InChI=1S/C10H11N5/c1-2-11-5-8-6-14-15(9(1)8)10-7-12-3-4-13-10/h3-4,6-7,11H,1-2,5H2. The van der Waals surface area contributed by atoms with Crippen LogP contribution < -0.4 is 5.32 Å². The highest BCUT2D eigenvalue weighted by Gasteiger charge is 2.15. The van der Waals surface area contributed by atoms with Crippen LogP contribution in [-0.2, 0) is 13.0 Å². The summed E-state index contributed by atoms with van der Waals surface area (Å²) in [7, 11) is 0. The molecule has 0 amide bonds. The quantitative estimate of drug-likeness (QED) is 0.721. The summed E-state index contributed by atoms with van der Waals surface area (Å²) < 4.78 is 1.88. The van der Waals surface area contributed by atoms with E-state index in [0.717, 1.165) is 25.3 Å². The first-order valence-electron chi connectivity index (χ1n) is 4.98. The summed E-state index contributed by atoms with van der Waals surface area (Å²) in [4.78, 5) is 8.30. The molecule has 0 unspecified atom stereocenters. The number of rotatable bonds is 1. The van der Waals surface area contributed by atoms with Crippen LogP contribution in [0.15, 0.2) is 24.8 Å². The molecule has 0 saturated heterocycles. The van der Waals surface area contributed by atoms with Crippen LogP contribution >= 0.6 is 0 Å². The van der Waals surface area contributed by atoms with E-state index in [1.165, 1.54) is 11.3 Å². The smallest absolute Gasteiger partial charge is 0.172 e. The van der Waals surface area contributed by atoms with Crippen LogP contribution in [0.1, 0.15) is 11.3 Å². The molecule has 0 fully saturated rings. The van der Waals surface area contributed by atoms with Crippen LogP contribution in [0.4, 0.5) is 0 Å². The van der Waals surface area contributed by atoms with Crippen molar-refractivity contribution in [1.29, 1.82) is 0 Å². The van der Waals surface area contributed by atoms with Gasteiger partial charge in [-0.15, -0.1) is 0 Å². The highest BCUT2D eigenvalue weighted by atomic mass is 15.3. The molecule has 1 aliphatic heterocycles. The second-order valence-electron chi connectivity index (χ2n) is 3.52. The summed E-state index contributed by atoms with van der Waals surface area (Å²) in [6, 6.07) is 0. The van der Waals surface area contributed by atoms with E-state index >= 15 is 0 Å². The van der Waals surface area contributed by atoms with Crippen LogP contribution in [0, 0.1) is 0 Å². The monoisotopic (exact) mass is 201 g/mol. The Bertz CT molecular complexity index is 462. The fourth-order valence-electron chi connectivity index (χ4n) is 1.85. The highest BCUT2D eigenvalue weighted by molar-refractivity contribution is 5.28. The Kier molecular flexibility index (Phi) is 1.96. The maximum absolute atomic E-state index is 4.34. The Morgan fingerprint density at radius 3 is 3.13 bits per heavy atom. The van der Waals surface area contributed by atoms with Gasteiger partial charge in [0.25, 0.3) is 0 Å². The largest absolute Gasteiger partial charge is 0.312 e. The van der Waals surface area contributed by atoms with Gasteiger partial charge in [0.2, 0.25) is 0 Å². The molecule has 0 atom stereocenters. The third-order valence-corrected chi connectivity index (χ3v) is 2.58. The van der Waals surface area contributed by atoms with E-state index in [2.05, 4.69) is 20.4 Å². The summed E-state index contributed by atoms with van der Waals surface area (Å²) >= 11 is 0. The Morgan fingerprint density at radius 2 is 2.27 bits per heavy atom. The van der Waals surface area contributed by atoms with Gasteiger partial charge in [-0.05, 0) is 0 Å². The minimum Gasteiger partial charge on any atom is -0.312 e. The normalized spacial score (nSPS) is 14.9. The predicted molar refractivity (Wildman–Crippen MR) is 54.6 cm³/mol. The van der Waals surface area contributed by atoms with Crippen molar-refractivity contribution in [2.45, 2.75) is 13.0 Å². The van der Waals surface area contributed by atoms with E-state index in [9.17, 15) is 0 Å². The lowest BCUT2D eigenvalue weighted by atomic mass is 10.1. The minimum absolute atomic E-state index is 0.792. The average molecular weight is 201 g/mol. The summed E-state index contributed by atoms with van der Waals surface area (Å²) in [6.45, 7) is 1.90. The second-order valence-corrected chi connectivity index (χ2v) is 3.52. The molecule has 15 heavy (non-hydrogen) atoms. The first-order valence-corrected chi connectivity index (χ1v) is 4.98. The molecule has 76 valence electrons. The van der Waals surface area contributed by atoms with Crippen LogP contribution in [-0.4, -0.2) is 26.3 Å². The van der Waals surface area contributed by atoms with Crippen molar-refractivity contribution in [2.75, 3.05) is 6.54 Å². The molecule has 1 aliphatic rings. The molecular formula is C10H11N5. The molecule has 0 saturated carbocycles. The van der Waals surface area contributed by atoms with Crippen LogP contribution in [0.3, 0.4) is 0 Å². The van der Waals surface area contributed by atoms with Gasteiger partial charge >= 0.3 is 0 Å². The van der Waals surface area contributed by atoms with E-state index < -0.39 is 0 Å². The first-order chi connectivity index (χ1) is 7.45. The molecule has 5 nitrogen and oxygen atoms in total. The topological polar surface area (TPSA) is 55.6 Å². The van der Waals surface area contributed by atoms with Crippen molar-refractivity contribution >= 4 is 0 Å². The second kappa shape index (κ2) is 3.43. The first kappa shape index (κ1) is 8.55. The van der Waals surface area contributed by atoms with E-state index in [-0.39, 0.29) is 0 Å². The minimum atomic E-state index is 0.792.